The van der Waals surface area contributed by atoms with Crippen LogP contribution in [0.3, 0.4) is 0 Å². The quantitative estimate of drug-likeness (QED) is 0.654. The van der Waals surface area contributed by atoms with Crippen molar-refractivity contribution in [1.29, 1.82) is 0 Å². The molecule has 92 valence electrons. The van der Waals surface area contributed by atoms with Gasteiger partial charge in [-0.05, 0) is 25.2 Å². The zero-order chi connectivity index (χ0) is 12.0. The van der Waals surface area contributed by atoms with Gasteiger partial charge in [0.1, 0.15) is 5.78 Å². The van der Waals surface area contributed by atoms with E-state index in [9.17, 15) is 9.59 Å². The van der Waals surface area contributed by atoms with E-state index in [2.05, 4.69) is 6.92 Å². The maximum absolute atomic E-state index is 11.7. The lowest BCUT2D eigenvalue weighted by atomic mass is 9.84. The predicted molar refractivity (Wildman–Crippen MR) is 62.0 cm³/mol. The molecule has 0 spiro atoms. The number of ether oxygens (including phenoxy) is 1. The first-order chi connectivity index (χ1) is 7.69. The van der Waals surface area contributed by atoms with E-state index in [0.717, 1.165) is 32.1 Å². The van der Waals surface area contributed by atoms with Gasteiger partial charge >= 0.3 is 5.97 Å². The fraction of sp³-hybridized carbons (Fsp3) is 0.846. The van der Waals surface area contributed by atoms with E-state index in [0.29, 0.717) is 18.6 Å². The van der Waals surface area contributed by atoms with Crippen molar-refractivity contribution in [2.24, 2.45) is 11.8 Å². The summed E-state index contributed by atoms with van der Waals surface area (Å²) in [6.07, 6.45) is 6.24. The molecule has 1 saturated carbocycles. The fourth-order valence-corrected chi connectivity index (χ4v) is 2.55. The average molecular weight is 226 g/mol. The molecule has 0 saturated heterocycles. The molecule has 0 bridgehead atoms. The Labute approximate surface area is 97.5 Å². The van der Waals surface area contributed by atoms with Gasteiger partial charge in [-0.15, -0.1) is 0 Å². The highest BCUT2D eigenvalue weighted by molar-refractivity contribution is 5.83. The number of hydrogen-bond acceptors (Lipinski definition) is 3. The van der Waals surface area contributed by atoms with Crippen LogP contribution in [-0.2, 0) is 14.3 Å². The van der Waals surface area contributed by atoms with E-state index >= 15 is 0 Å². The Hall–Kier alpha value is -0.860. The first-order valence-corrected chi connectivity index (χ1v) is 6.28. The first-order valence-electron chi connectivity index (χ1n) is 6.28. The summed E-state index contributed by atoms with van der Waals surface area (Å²) in [7, 11) is 1.41. The van der Waals surface area contributed by atoms with Gasteiger partial charge in [-0.3, -0.25) is 9.59 Å². The van der Waals surface area contributed by atoms with Crippen molar-refractivity contribution in [3.63, 3.8) is 0 Å². The van der Waals surface area contributed by atoms with Crippen molar-refractivity contribution in [2.75, 3.05) is 7.11 Å². The molecule has 0 heterocycles. The Morgan fingerprint density at radius 1 is 1.56 bits per heavy atom. The fourth-order valence-electron chi connectivity index (χ4n) is 2.55. The van der Waals surface area contributed by atoms with Crippen LogP contribution in [0.5, 0.6) is 0 Å². The third-order valence-corrected chi connectivity index (χ3v) is 3.51. The highest BCUT2D eigenvalue weighted by Crippen LogP contribution is 2.33. The minimum absolute atomic E-state index is 0.116. The maximum atomic E-state index is 11.7. The molecular weight excluding hydrogens is 204 g/mol. The molecule has 2 atom stereocenters. The van der Waals surface area contributed by atoms with E-state index in [1.807, 2.05) is 0 Å². The van der Waals surface area contributed by atoms with Crippen LogP contribution in [-0.4, -0.2) is 18.9 Å². The maximum Gasteiger partial charge on any atom is 0.305 e. The molecule has 0 amide bonds. The molecule has 1 aliphatic rings. The molecule has 1 rings (SSSR count). The van der Waals surface area contributed by atoms with Crippen molar-refractivity contribution in [3.8, 4) is 0 Å². The van der Waals surface area contributed by atoms with Gasteiger partial charge in [-0.1, -0.05) is 19.8 Å². The van der Waals surface area contributed by atoms with E-state index in [1.165, 1.54) is 7.11 Å². The van der Waals surface area contributed by atoms with Gasteiger partial charge in [0.05, 0.1) is 7.11 Å². The topological polar surface area (TPSA) is 43.4 Å². The van der Waals surface area contributed by atoms with E-state index in [4.69, 9.17) is 4.74 Å². The minimum Gasteiger partial charge on any atom is -0.469 e. The van der Waals surface area contributed by atoms with Gasteiger partial charge in [0.25, 0.3) is 0 Å². The second-order valence-electron chi connectivity index (χ2n) is 4.65. The van der Waals surface area contributed by atoms with Crippen LogP contribution in [0.1, 0.15) is 51.9 Å². The molecule has 2 unspecified atom stereocenters. The second kappa shape index (κ2) is 6.66. The minimum atomic E-state index is -0.180. The molecule has 16 heavy (non-hydrogen) atoms. The predicted octanol–water partition coefficient (Wildman–Crippen LogP) is 2.73. The van der Waals surface area contributed by atoms with Crippen LogP contribution in [0.25, 0.3) is 0 Å². The Morgan fingerprint density at radius 2 is 2.31 bits per heavy atom. The third-order valence-electron chi connectivity index (χ3n) is 3.51. The van der Waals surface area contributed by atoms with E-state index in [-0.39, 0.29) is 17.8 Å². The van der Waals surface area contributed by atoms with Gasteiger partial charge in [0.2, 0.25) is 0 Å². The monoisotopic (exact) mass is 226 g/mol. The molecule has 0 N–H and O–H groups in total. The summed E-state index contributed by atoms with van der Waals surface area (Å²) in [4.78, 5) is 23.0. The molecular formula is C13H22O3. The van der Waals surface area contributed by atoms with Crippen molar-refractivity contribution in [3.05, 3.63) is 0 Å². The normalized spacial score (nSPS) is 22.1. The SMILES string of the molecule is CCCCC(CC(=O)OC)C1CCCC1=O. The number of carbonyl (C=O) groups is 2. The Balaban J connectivity index is 2.54. The van der Waals surface area contributed by atoms with Crippen LogP contribution >= 0.6 is 0 Å². The summed E-state index contributed by atoms with van der Waals surface area (Å²) in [5.41, 5.74) is 0. The molecule has 3 heteroatoms. The van der Waals surface area contributed by atoms with Gasteiger partial charge in [-0.2, -0.15) is 0 Å². The Morgan fingerprint density at radius 3 is 2.81 bits per heavy atom. The largest absolute Gasteiger partial charge is 0.469 e. The second-order valence-corrected chi connectivity index (χ2v) is 4.65. The smallest absolute Gasteiger partial charge is 0.305 e. The van der Waals surface area contributed by atoms with Crippen LogP contribution in [0.4, 0.5) is 0 Å². The van der Waals surface area contributed by atoms with Crippen LogP contribution < -0.4 is 0 Å². The first kappa shape index (κ1) is 13.2. The van der Waals surface area contributed by atoms with E-state index in [1.54, 1.807) is 0 Å². The number of unbranched alkanes of at least 4 members (excludes halogenated alkanes) is 1. The highest BCUT2D eigenvalue weighted by Gasteiger charge is 2.32. The summed E-state index contributed by atoms with van der Waals surface area (Å²) >= 11 is 0. The summed E-state index contributed by atoms with van der Waals surface area (Å²) in [5.74, 6) is 0.499. The molecule has 3 nitrogen and oxygen atoms in total. The summed E-state index contributed by atoms with van der Waals surface area (Å²) in [6.45, 7) is 2.13. The van der Waals surface area contributed by atoms with Crippen molar-refractivity contribution in [2.45, 2.75) is 51.9 Å². The molecule has 0 aromatic carbocycles. The standard InChI is InChI=1S/C13H22O3/c1-3-4-6-10(9-13(15)16-2)11-7-5-8-12(11)14/h10-11H,3-9H2,1-2H3. The van der Waals surface area contributed by atoms with Crippen molar-refractivity contribution < 1.29 is 14.3 Å². The average Bonchev–Trinajstić information content (AvgIpc) is 2.70. The number of carbonyl (C=O) groups excluding carboxylic acids is 2. The van der Waals surface area contributed by atoms with Gasteiger partial charge in [0.15, 0.2) is 0 Å². The zero-order valence-corrected chi connectivity index (χ0v) is 10.3. The van der Waals surface area contributed by atoms with E-state index < -0.39 is 0 Å². The number of methoxy groups -OCH3 is 1. The van der Waals surface area contributed by atoms with Gasteiger partial charge in [-0.25, -0.2) is 0 Å². The van der Waals surface area contributed by atoms with Crippen LogP contribution in [0.2, 0.25) is 0 Å². The van der Waals surface area contributed by atoms with Gasteiger partial charge in [0, 0.05) is 18.8 Å². The molecule has 1 fully saturated rings. The Kier molecular flexibility index (Phi) is 5.50. The number of hydrogen-bond donors (Lipinski definition) is 0. The number of esters is 1. The number of rotatable bonds is 6. The summed E-state index contributed by atoms with van der Waals surface area (Å²) in [6, 6.07) is 0. The number of Topliss-reactive ketones (excluding diaryl/α,β-unsaturated/α-hetero) is 1. The summed E-state index contributed by atoms with van der Waals surface area (Å²) in [5, 5.41) is 0. The van der Waals surface area contributed by atoms with Crippen molar-refractivity contribution in [1.82, 2.24) is 0 Å². The molecule has 0 aliphatic heterocycles. The zero-order valence-electron chi connectivity index (χ0n) is 10.3. The van der Waals surface area contributed by atoms with Gasteiger partial charge < -0.3 is 4.74 Å². The van der Waals surface area contributed by atoms with Crippen LogP contribution in [0, 0.1) is 11.8 Å². The lowest BCUT2D eigenvalue weighted by molar-refractivity contribution is -0.142. The number of ketones is 1. The highest BCUT2D eigenvalue weighted by atomic mass is 16.5. The third kappa shape index (κ3) is 3.62. The molecule has 0 aromatic rings. The van der Waals surface area contributed by atoms with Crippen LogP contribution in [0.15, 0.2) is 0 Å². The Bertz CT molecular complexity index is 248. The van der Waals surface area contributed by atoms with Crippen molar-refractivity contribution >= 4 is 11.8 Å². The molecule has 1 aliphatic carbocycles. The lowest BCUT2D eigenvalue weighted by Gasteiger charge is -2.20. The lowest BCUT2D eigenvalue weighted by Crippen LogP contribution is -2.22. The summed E-state index contributed by atoms with van der Waals surface area (Å²) < 4.78 is 4.71. The molecule has 0 radical (unpaired) electrons. The molecule has 0 aromatic heterocycles.